The maximum absolute atomic E-state index is 13.3. The first kappa shape index (κ1) is 22.4. The molecule has 0 saturated carbocycles. The van der Waals surface area contributed by atoms with Crippen molar-refractivity contribution in [1.29, 1.82) is 0 Å². The number of hydrogen-bond donors (Lipinski definition) is 1. The molecule has 1 atom stereocenters. The molecular formula is C27H28N2O4. The lowest BCUT2D eigenvalue weighted by atomic mass is 9.91. The molecule has 170 valence electrons. The van der Waals surface area contributed by atoms with Crippen LogP contribution in [0, 0.1) is 5.92 Å². The molecule has 0 bridgehead atoms. The molecule has 3 aromatic carbocycles. The van der Waals surface area contributed by atoms with Gasteiger partial charge in [-0.15, -0.1) is 0 Å². The highest BCUT2D eigenvalue weighted by Crippen LogP contribution is 2.33. The molecule has 3 aromatic rings. The molecule has 33 heavy (non-hydrogen) atoms. The Labute approximate surface area is 194 Å². The molecule has 1 saturated heterocycles. The first-order chi connectivity index (χ1) is 16.1. The summed E-state index contributed by atoms with van der Waals surface area (Å²) in [7, 11) is 3.21. The van der Waals surface area contributed by atoms with Gasteiger partial charge in [0.1, 0.15) is 11.5 Å². The predicted molar refractivity (Wildman–Crippen MR) is 128 cm³/mol. The van der Waals surface area contributed by atoms with Gasteiger partial charge in [0.05, 0.1) is 25.7 Å². The number of ether oxygens (including phenoxy) is 2. The number of carbonyl (C=O) groups is 2. The standard InChI is InChI=1S/C27H28N2O4/c1-32-24-13-7-5-11-22(24)21-10-4-3-9-19(21)17-20-18-29(16-15-28-26(20)30)27(31)23-12-6-8-14-25(23)33-2/h3-14,20H,15-18H2,1-2H3,(H,28,30)/t20-/m1/s1. The summed E-state index contributed by atoms with van der Waals surface area (Å²) in [6.45, 7) is 1.21. The monoisotopic (exact) mass is 444 g/mol. The summed E-state index contributed by atoms with van der Waals surface area (Å²) >= 11 is 0. The van der Waals surface area contributed by atoms with Crippen molar-refractivity contribution in [3.63, 3.8) is 0 Å². The summed E-state index contributed by atoms with van der Waals surface area (Å²) in [5, 5.41) is 2.97. The van der Waals surface area contributed by atoms with E-state index < -0.39 is 0 Å². The Morgan fingerprint density at radius 2 is 1.55 bits per heavy atom. The van der Waals surface area contributed by atoms with Crippen LogP contribution >= 0.6 is 0 Å². The van der Waals surface area contributed by atoms with Gasteiger partial charge in [0, 0.05) is 25.2 Å². The van der Waals surface area contributed by atoms with Gasteiger partial charge in [-0.1, -0.05) is 54.6 Å². The fourth-order valence-corrected chi connectivity index (χ4v) is 4.33. The lowest BCUT2D eigenvalue weighted by molar-refractivity contribution is -0.124. The van der Waals surface area contributed by atoms with Gasteiger partial charge in [-0.3, -0.25) is 9.59 Å². The fourth-order valence-electron chi connectivity index (χ4n) is 4.33. The minimum Gasteiger partial charge on any atom is -0.496 e. The number of hydrogen-bond acceptors (Lipinski definition) is 4. The van der Waals surface area contributed by atoms with Crippen molar-refractivity contribution in [1.82, 2.24) is 10.2 Å². The van der Waals surface area contributed by atoms with Crippen LogP contribution in [0.5, 0.6) is 11.5 Å². The zero-order valence-corrected chi connectivity index (χ0v) is 18.9. The number of carbonyl (C=O) groups excluding carboxylic acids is 2. The van der Waals surface area contributed by atoms with Crippen molar-refractivity contribution in [3.05, 3.63) is 83.9 Å². The molecule has 1 aliphatic heterocycles. The summed E-state index contributed by atoms with van der Waals surface area (Å²) < 4.78 is 10.9. The maximum atomic E-state index is 13.3. The van der Waals surface area contributed by atoms with Crippen molar-refractivity contribution >= 4 is 11.8 Å². The van der Waals surface area contributed by atoms with Crippen LogP contribution in [-0.2, 0) is 11.2 Å². The Kier molecular flexibility index (Phi) is 6.93. The van der Waals surface area contributed by atoms with Crippen LogP contribution in [0.2, 0.25) is 0 Å². The van der Waals surface area contributed by atoms with Gasteiger partial charge >= 0.3 is 0 Å². The summed E-state index contributed by atoms with van der Waals surface area (Å²) in [6.07, 6.45) is 0.510. The van der Waals surface area contributed by atoms with Gasteiger partial charge in [0.15, 0.2) is 0 Å². The Morgan fingerprint density at radius 3 is 2.30 bits per heavy atom. The molecule has 0 aliphatic carbocycles. The molecule has 6 nitrogen and oxygen atoms in total. The summed E-state index contributed by atoms with van der Waals surface area (Å²) in [6, 6.07) is 23.1. The highest BCUT2D eigenvalue weighted by atomic mass is 16.5. The minimum atomic E-state index is -0.373. The largest absolute Gasteiger partial charge is 0.496 e. The lowest BCUT2D eigenvalue weighted by Gasteiger charge is -2.24. The Balaban J connectivity index is 1.62. The third kappa shape index (κ3) is 4.85. The first-order valence-electron chi connectivity index (χ1n) is 11.0. The second-order valence-electron chi connectivity index (χ2n) is 8.00. The van der Waals surface area contributed by atoms with E-state index in [0.29, 0.717) is 37.4 Å². The molecule has 1 fully saturated rings. The van der Waals surface area contributed by atoms with Gasteiger partial charge in [-0.25, -0.2) is 0 Å². The van der Waals surface area contributed by atoms with Crippen molar-refractivity contribution in [2.75, 3.05) is 33.9 Å². The van der Waals surface area contributed by atoms with Crippen LogP contribution in [0.15, 0.2) is 72.8 Å². The summed E-state index contributed by atoms with van der Waals surface area (Å²) in [5.74, 6) is 0.765. The van der Waals surface area contributed by atoms with E-state index in [9.17, 15) is 9.59 Å². The maximum Gasteiger partial charge on any atom is 0.257 e. The average Bonchev–Trinajstić information content (AvgIpc) is 3.05. The van der Waals surface area contributed by atoms with Gasteiger partial charge in [0.25, 0.3) is 5.91 Å². The van der Waals surface area contributed by atoms with E-state index in [1.165, 1.54) is 0 Å². The van der Waals surface area contributed by atoms with E-state index in [2.05, 4.69) is 5.32 Å². The lowest BCUT2D eigenvalue weighted by Crippen LogP contribution is -2.37. The van der Waals surface area contributed by atoms with Crippen molar-refractivity contribution in [2.24, 2.45) is 5.92 Å². The van der Waals surface area contributed by atoms with Crippen molar-refractivity contribution < 1.29 is 19.1 Å². The third-order valence-electron chi connectivity index (χ3n) is 6.00. The highest BCUT2D eigenvalue weighted by molar-refractivity contribution is 5.97. The molecule has 1 N–H and O–H groups in total. The van der Waals surface area contributed by atoms with Crippen LogP contribution in [0.1, 0.15) is 15.9 Å². The van der Waals surface area contributed by atoms with E-state index in [1.54, 1.807) is 31.3 Å². The molecular weight excluding hydrogens is 416 g/mol. The molecule has 4 rings (SSSR count). The van der Waals surface area contributed by atoms with E-state index in [1.807, 2.05) is 60.7 Å². The smallest absolute Gasteiger partial charge is 0.257 e. The summed E-state index contributed by atoms with van der Waals surface area (Å²) in [5.41, 5.74) is 3.54. The Morgan fingerprint density at radius 1 is 0.909 bits per heavy atom. The Hall–Kier alpha value is -3.80. The minimum absolute atomic E-state index is 0.0415. The second-order valence-corrected chi connectivity index (χ2v) is 8.00. The van der Waals surface area contributed by atoms with Crippen molar-refractivity contribution in [2.45, 2.75) is 6.42 Å². The second kappa shape index (κ2) is 10.2. The molecule has 0 aromatic heterocycles. The molecule has 0 radical (unpaired) electrons. The van der Waals surface area contributed by atoms with Gasteiger partial charge in [-0.2, -0.15) is 0 Å². The third-order valence-corrected chi connectivity index (χ3v) is 6.00. The van der Waals surface area contributed by atoms with Crippen LogP contribution in [0.4, 0.5) is 0 Å². The topological polar surface area (TPSA) is 67.9 Å². The van der Waals surface area contributed by atoms with Gasteiger partial charge in [-0.05, 0) is 35.7 Å². The number of benzene rings is 3. The average molecular weight is 445 g/mol. The normalized spacial score (nSPS) is 16.0. The number of para-hydroxylation sites is 2. The Bertz CT molecular complexity index is 1140. The molecule has 2 amide bonds. The number of nitrogens with one attached hydrogen (secondary N) is 1. The fraction of sp³-hybridized carbons (Fsp3) is 0.259. The van der Waals surface area contributed by atoms with Crippen LogP contribution in [-0.4, -0.2) is 50.6 Å². The first-order valence-corrected chi connectivity index (χ1v) is 11.0. The SMILES string of the molecule is COc1ccccc1C(=O)N1CCNC(=O)[C@H](Cc2ccccc2-c2ccccc2OC)C1. The number of nitrogens with zero attached hydrogens (tertiary/aromatic N) is 1. The summed E-state index contributed by atoms with van der Waals surface area (Å²) in [4.78, 5) is 28.0. The quantitative estimate of drug-likeness (QED) is 0.628. The zero-order valence-electron chi connectivity index (χ0n) is 18.9. The molecule has 0 spiro atoms. The van der Waals surface area contributed by atoms with E-state index in [4.69, 9.17) is 9.47 Å². The van der Waals surface area contributed by atoms with Crippen molar-refractivity contribution in [3.8, 4) is 22.6 Å². The van der Waals surface area contributed by atoms with Gasteiger partial charge in [0.2, 0.25) is 5.91 Å². The van der Waals surface area contributed by atoms with Crippen LogP contribution < -0.4 is 14.8 Å². The van der Waals surface area contributed by atoms with Crippen LogP contribution in [0.3, 0.4) is 0 Å². The van der Waals surface area contributed by atoms with Gasteiger partial charge < -0.3 is 19.7 Å². The molecule has 6 heteroatoms. The number of rotatable bonds is 6. The van der Waals surface area contributed by atoms with E-state index >= 15 is 0 Å². The van der Waals surface area contributed by atoms with E-state index in [0.717, 1.165) is 22.4 Å². The number of methoxy groups -OCH3 is 2. The predicted octanol–water partition coefficient (Wildman–Crippen LogP) is 3.80. The molecule has 1 heterocycles. The van der Waals surface area contributed by atoms with E-state index in [-0.39, 0.29) is 17.7 Å². The van der Waals surface area contributed by atoms with Crippen LogP contribution in [0.25, 0.3) is 11.1 Å². The highest BCUT2D eigenvalue weighted by Gasteiger charge is 2.30. The number of amides is 2. The zero-order chi connectivity index (χ0) is 23.2. The molecule has 0 unspecified atom stereocenters. The molecule has 1 aliphatic rings.